The Balaban J connectivity index is 1.88. The zero-order chi connectivity index (χ0) is 14.7. The van der Waals surface area contributed by atoms with E-state index in [0.717, 1.165) is 29.9 Å². The number of hydrogen-bond donors (Lipinski definition) is 1. The van der Waals surface area contributed by atoms with Crippen molar-refractivity contribution in [3.05, 3.63) is 34.9 Å². The molecule has 0 radical (unpaired) electrons. The number of aromatic nitrogens is 1. The molecule has 2 aromatic rings. The van der Waals surface area contributed by atoms with Crippen LogP contribution in [0.5, 0.6) is 0 Å². The second kappa shape index (κ2) is 6.75. The topological polar surface area (TPSA) is 28.2 Å². The summed E-state index contributed by atoms with van der Waals surface area (Å²) < 4.78 is 1.14. The maximum Gasteiger partial charge on any atom is 0.136 e. The monoisotopic (exact) mass is 347 g/mol. The molecule has 112 valence electrons. The van der Waals surface area contributed by atoms with Crippen LogP contribution in [-0.2, 0) is 0 Å². The fourth-order valence-corrected chi connectivity index (χ4v) is 3.59. The van der Waals surface area contributed by atoms with E-state index >= 15 is 0 Å². The van der Waals surface area contributed by atoms with E-state index in [1.54, 1.807) is 0 Å². The van der Waals surface area contributed by atoms with Crippen molar-refractivity contribution in [3.63, 3.8) is 0 Å². The average molecular weight is 348 g/mol. The Labute approximate surface area is 134 Å². The number of piperidine rings is 1. The summed E-state index contributed by atoms with van der Waals surface area (Å²) in [5.74, 6) is 1.12. The van der Waals surface area contributed by atoms with Crippen LogP contribution in [0.2, 0.25) is 0 Å². The molecule has 1 atom stereocenters. The molecule has 1 aliphatic rings. The first kappa shape index (κ1) is 14.8. The molecule has 1 unspecified atom stereocenters. The van der Waals surface area contributed by atoms with Crippen LogP contribution in [0.15, 0.2) is 34.9 Å². The Morgan fingerprint density at radius 1 is 1.33 bits per heavy atom. The summed E-state index contributed by atoms with van der Waals surface area (Å²) in [7, 11) is 0. The molecule has 1 aliphatic heterocycles. The standard InChI is InChI=1S/C17H22BrN3/c1-2-9-19-13-5-4-11-21(12-13)17-15-6-3-7-16(18)14(15)8-10-20-17/h3,6-8,10,13,19H,2,4-5,9,11-12H2,1H3. The molecular formula is C17H22BrN3. The number of fused-ring (bicyclic) bond motifs is 1. The van der Waals surface area contributed by atoms with Crippen molar-refractivity contribution < 1.29 is 0 Å². The van der Waals surface area contributed by atoms with Crippen LogP contribution >= 0.6 is 15.9 Å². The Morgan fingerprint density at radius 2 is 2.24 bits per heavy atom. The number of rotatable bonds is 4. The largest absolute Gasteiger partial charge is 0.355 e. The number of nitrogens with zero attached hydrogens (tertiary/aromatic N) is 2. The number of hydrogen-bond acceptors (Lipinski definition) is 3. The lowest BCUT2D eigenvalue weighted by Gasteiger charge is -2.34. The third-order valence-corrected chi connectivity index (χ3v) is 4.83. The van der Waals surface area contributed by atoms with Gasteiger partial charge in [0.15, 0.2) is 0 Å². The van der Waals surface area contributed by atoms with E-state index < -0.39 is 0 Å². The van der Waals surface area contributed by atoms with Crippen LogP contribution in [-0.4, -0.2) is 30.7 Å². The molecule has 21 heavy (non-hydrogen) atoms. The Morgan fingerprint density at radius 3 is 3.10 bits per heavy atom. The number of halogens is 1. The minimum absolute atomic E-state index is 0.586. The smallest absolute Gasteiger partial charge is 0.136 e. The van der Waals surface area contributed by atoms with Crippen molar-refractivity contribution in [1.82, 2.24) is 10.3 Å². The summed E-state index contributed by atoms with van der Waals surface area (Å²) in [6.07, 6.45) is 5.61. The van der Waals surface area contributed by atoms with Crippen molar-refractivity contribution in [3.8, 4) is 0 Å². The van der Waals surface area contributed by atoms with Gasteiger partial charge in [0.1, 0.15) is 5.82 Å². The Kier molecular flexibility index (Phi) is 4.76. The van der Waals surface area contributed by atoms with Gasteiger partial charge in [0.05, 0.1) is 0 Å². The summed E-state index contributed by atoms with van der Waals surface area (Å²) in [5.41, 5.74) is 0. The average Bonchev–Trinajstić information content (AvgIpc) is 2.53. The molecule has 0 bridgehead atoms. The summed E-state index contributed by atoms with van der Waals surface area (Å²) in [6.45, 7) is 5.48. The van der Waals surface area contributed by atoms with E-state index in [-0.39, 0.29) is 0 Å². The van der Waals surface area contributed by atoms with Crippen LogP contribution in [0.4, 0.5) is 5.82 Å². The molecular weight excluding hydrogens is 326 g/mol. The van der Waals surface area contributed by atoms with E-state index in [2.05, 4.69) is 62.3 Å². The van der Waals surface area contributed by atoms with Gasteiger partial charge in [-0.1, -0.05) is 35.0 Å². The predicted octanol–water partition coefficient (Wildman–Crippen LogP) is 3.97. The molecule has 1 fully saturated rings. The van der Waals surface area contributed by atoms with Crippen molar-refractivity contribution in [2.45, 2.75) is 32.2 Å². The Bertz CT molecular complexity index is 614. The van der Waals surface area contributed by atoms with Crippen LogP contribution in [0.3, 0.4) is 0 Å². The van der Waals surface area contributed by atoms with Crippen molar-refractivity contribution in [2.75, 3.05) is 24.5 Å². The van der Waals surface area contributed by atoms with E-state index in [9.17, 15) is 0 Å². The first-order valence-electron chi connectivity index (χ1n) is 7.81. The number of anilines is 1. The van der Waals surface area contributed by atoms with E-state index in [1.165, 1.54) is 30.0 Å². The number of benzene rings is 1. The van der Waals surface area contributed by atoms with Crippen molar-refractivity contribution in [1.29, 1.82) is 0 Å². The SMILES string of the molecule is CCCNC1CCCN(c2nccc3c(Br)cccc23)C1. The van der Waals surface area contributed by atoms with Gasteiger partial charge >= 0.3 is 0 Å². The number of nitrogens with one attached hydrogen (secondary N) is 1. The van der Waals surface area contributed by atoms with Crippen LogP contribution in [0.1, 0.15) is 26.2 Å². The van der Waals surface area contributed by atoms with Gasteiger partial charge in [-0.3, -0.25) is 0 Å². The molecule has 3 rings (SSSR count). The van der Waals surface area contributed by atoms with E-state index in [4.69, 9.17) is 0 Å². The highest BCUT2D eigenvalue weighted by molar-refractivity contribution is 9.10. The molecule has 1 aromatic heterocycles. The van der Waals surface area contributed by atoms with Gasteiger partial charge in [-0.05, 0) is 37.9 Å². The molecule has 1 aromatic carbocycles. The lowest BCUT2D eigenvalue weighted by Crippen LogP contribution is -2.46. The van der Waals surface area contributed by atoms with Gasteiger partial charge in [-0.2, -0.15) is 0 Å². The highest BCUT2D eigenvalue weighted by atomic mass is 79.9. The molecule has 0 aliphatic carbocycles. The quantitative estimate of drug-likeness (QED) is 0.906. The van der Waals surface area contributed by atoms with E-state index in [1.807, 2.05) is 6.20 Å². The second-order valence-corrected chi connectivity index (χ2v) is 6.56. The van der Waals surface area contributed by atoms with Gasteiger partial charge in [-0.15, -0.1) is 0 Å². The second-order valence-electron chi connectivity index (χ2n) is 5.71. The van der Waals surface area contributed by atoms with Gasteiger partial charge in [0.25, 0.3) is 0 Å². The van der Waals surface area contributed by atoms with Crippen LogP contribution in [0, 0.1) is 0 Å². The minimum atomic E-state index is 0.586. The maximum atomic E-state index is 4.66. The summed E-state index contributed by atoms with van der Waals surface area (Å²) in [6, 6.07) is 9.02. The van der Waals surface area contributed by atoms with Crippen LogP contribution < -0.4 is 10.2 Å². The predicted molar refractivity (Wildman–Crippen MR) is 93.0 cm³/mol. The fraction of sp³-hybridized carbons (Fsp3) is 0.471. The van der Waals surface area contributed by atoms with Crippen molar-refractivity contribution >= 4 is 32.5 Å². The Hall–Kier alpha value is -1.13. The molecule has 2 heterocycles. The first-order chi connectivity index (χ1) is 10.3. The molecule has 0 saturated carbocycles. The van der Waals surface area contributed by atoms with Gasteiger partial charge in [0, 0.05) is 40.6 Å². The third-order valence-electron chi connectivity index (χ3n) is 4.14. The molecule has 0 amide bonds. The summed E-state index contributed by atoms with van der Waals surface area (Å²) in [5, 5.41) is 6.13. The molecule has 4 heteroatoms. The maximum absolute atomic E-state index is 4.66. The molecule has 1 saturated heterocycles. The molecule has 0 spiro atoms. The lowest BCUT2D eigenvalue weighted by atomic mass is 10.0. The normalized spacial score (nSPS) is 19.1. The van der Waals surface area contributed by atoms with E-state index in [0.29, 0.717) is 6.04 Å². The first-order valence-corrected chi connectivity index (χ1v) is 8.60. The highest BCUT2D eigenvalue weighted by Crippen LogP contribution is 2.31. The zero-order valence-corrected chi connectivity index (χ0v) is 14.1. The summed E-state index contributed by atoms with van der Waals surface area (Å²) in [4.78, 5) is 7.10. The van der Waals surface area contributed by atoms with Gasteiger partial charge < -0.3 is 10.2 Å². The van der Waals surface area contributed by atoms with Crippen molar-refractivity contribution in [2.24, 2.45) is 0 Å². The number of pyridine rings is 1. The summed E-state index contributed by atoms with van der Waals surface area (Å²) >= 11 is 3.64. The molecule has 1 N–H and O–H groups in total. The van der Waals surface area contributed by atoms with Gasteiger partial charge in [-0.25, -0.2) is 4.98 Å². The highest BCUT2D eigenvalue weighted by Gasteiger charge is 2.21. The zero-order valence-electron chi connectivity index (χ0n) is 12.5. The molecule has 3 nitrogen and oxygen atoms in total. The van der Waals surface area contributed by atoms with Gasteiger partial charge in [0.2, 0.25) is 0 Å². The third kappa shape index (κ3) is 3.22. The fourth-order valence-electron chi connectivity index (χ4n) is 3.09. The minimum Gasteiger partial charge on any atom is -0.355 e. The van der Waals surface area contributed by atoms with Crippen LogP contribution in [0.25, 0.3) is 10.8 Å². The lowest BCUT2D eigenvalue weighted by molar-refractivity contribution is 0.422.